The SMILES string of the molecule is Cc1cnc(N)c(C(NN)C2CCCCS2)c1. The van der Waals surface area contributed by atoms with Gasteiger partial charge in [0.15, 0.2) is 0 Å². The second-order valence-corrected chi connectivity index (χ2v) is 5.88. The van der Waals surface area contributed by atoms with Gasteiger partial charge >= 0.3 is 0 Å². The van der Waals surface area contributed by atoms with Gasteiger partial charge in [-0.25, -0.2) is 4.98 Å². The third-order valence-electron chi connectivity index (χ3n) is 3.19. The molecule has 5 heteroatoms. The maximum atomic E-state index is 5.96. The van der Waals surface area contributed by atoms with Crippen molar-refractivity contribution in [3.63, 3.8) is 0 Å². The van der Waals surface area contributed by atoms with Crippen molar-refractivity contribution in [2.75, 3.05) is 11.5 Å². The summed E-state index contributed by atoms with van der Waals surface area (Å²) in [6.07, 6.45) is 5.56. The number of rotatable bonds is 3. The number of nitrogens with zero attached hydrogens (tertiary/aromatic N) is 1. The summed E-state index contributed by atoms with van der Waals surface area (Å²) >= 11 is 1.98. The molecule has 0 aliphatic carbocycles. The van der Waals surface area contributed by atoms with E-state index >= 15 is 0 Å². The average molecular weight is 252 g/mol. The van der Waals surface area contributed by atoms with E-state index in [2.05, 4.69) is 16.5 Å². The van der Waals surface area contributed by atoms with Gasteiger partial charge in [0.25, 0.3) is 0 Å². The second-order valence-electron chi connectivity index (χ2n) is 4.54. The molecule has 5 N–H and O–H groups in total. The van der Waals surface area contributed by atoms with Gasteiger partial charge in [-0.05, 0) is 37.1 Å². The molecule has 4 nitrogen and oxygen atoms in total. The van der Waals surface area contributed by atoms with E-state index in [1.165, 1.54) is 25.0 Å². The molecule has 1 aromatic heterocycles. The first-order valence-corrected chi connectivity index (χ1v) is 7.07. The Kier molecular flexibility index (Phi) is 4.25. The van der Waals surface area contributed by atoms with E-state index in [9.17, 15) is 0 Å². The predicted molar refractivity (Wildman–Crippen MR) is 73.5 cm³/mol. The van der Waals surface area contributed by atoms with E-state index in [4.69, 9.17) is 11.6 Å². The lowest BCUT2D eigenvalue weighted by molar-refractivity contribution is 0.492. The van der Waals surface area contributed by atoms with Crippen LogP contribution in [0.5, 0.6) is 0 Å². The van der Waals surface area contributed by atoms with Crippen LogP contribution in [0.4, 0.5) is 5.82 Å². The minimum Gasteiger partial charge on any atom is -0.383 e. The van der Waals surface area contributed by atoms with Crippen LogP contribution in [0.15, 0.2) is 12.3 Å². The van der Waals surface area contributed by atoms with Gasteiger partial charge in [-0.1, -0.05) is 6.42 Å². The number of hydrogen-bond acceptors (Lipinski definition) is 5. The van der Waals surface area contributed by atoms with Gasteiger partial charge in [-0.2, -0.15) is 11.8 Å². The number of aryl methyl sites for hydroxylation is 1. The van der Waals surface area contributed by atoms with Crippen molar-refractivity contribution < 1.29 is 0 Å². The summed E-state index contributed by atoms with van der Waals surface area (Å²) in [6, 6.07) is 2.19. The Morgan fingerprint density at radius 2 is 2.35 bits per heavy atom. The Morgan fingerprint density at radius 1 is 1.53 bits per heavy atom. The molecule has 0 spiro atoms. The molecule has 1 saturated heterocycles. The van der Waals surface area contributed by atoms with Gasteiger partial charge in [-0.15, -0.1) is 0 Å². The molecule has 94 valence electrons. The molecule has 1 aliphatic rings. The maximum absolute atomic E-state index is 5.96. The number of nitrogens with one attached hydrogen (secondary N) is 1. The van der Waals surface area contributed by atoms with Gasteiger partial charge < -0.3 is 5.73 Å². The minimum atomic E-state index is 0.104. The second kappa shape index (κ2) is 5.71. The van der Waals surface area contributed by atoms with Crippen LogP contribution in [0.1, 0.15) is 36.4 Å². The molecule has 0 amide bonds. The summed E-state index contributed by atoms with van der Waals surface area (Å²) in [5, 5.41) is 0.500. The molecule has 2 heterocycles. The van der Waals surface area contributed by atoms with Gasteiger partial charge in [0, 0.05) is 17.0 Å². The molecule has 1 aromatic rings. The van der Waals surface area contributed by atoms with Crippen LogP contribution in [0.3, 0.4) is 0 Å². The van der Waals surface area contributed by atoms with Gasteiger partial charge in [0.2, 0.25) is 0 Å². The molecule has 0 aromatic carbocycles. The Balaban J connectivity index is 2.24. The largest absolute Gasteiger partial charge is 0.383 e. The lowest BCUT2D eigenvalue weighted by atomic mass is 9.99. The fraction of sp³-hybridized carbons (Fsp3) is 0.583. The number of pyridine rings is 1. The zero-order chi connectivity index (χ0) is 12.3. The standard InChI is InChI=1S/C12H20N4S/c1-8-6-9(12(13)15-7-8)11(16-14)10-4-2-3-5-17-10/h6-7,10-11,16H,2-5,14H2,1H3,(H2,13,15). The lowest BCUT2D eigenvalue weighted by Gasteiger charge is -2.30. The number of thioether (sulfide) groups is 1. The number of hydrogen-bond donors (Lipinski definition) is 3. The first kappa shape index (κ1) is 12.7. The summed E-state index contributed by atoms with van der Waals surface area (Å²) in [4.78, 5) is 4.22. The Morgan fingerprint density at radius 3 is 3.00 bits per heavy atom. The topological polar surface area (TPSA) is 77.0 Å². The number of aromatic nitrogens is 1. The van der Waals surface area contributed by atoms with Gasteiger partial charge in [-0.3, -0.25) is 11.3 Å². The van der Waals surface area contributed by atoms with E-state index in [-0.39, 0.29) is 6.04 Å². The highest BCUT2D eigenvalue weighted by atomic mass is 32.2. The maximum Gasteiger partial charge on any atom is 0.128 e. The summed E-state index contributed by atoms with van der Waals surface area (Å²) in [5.74, 6) is 7.51. The Labute approximate surface area is 107 Å². The molecule has 0 bridgehead atoms. The van der Waals surface area contributed by atoms with E-state index in [0.29, 0.717) is 11.1 Å². The zero-order valence-corrected chi connectivity index (χ0v) is 11.0. The molecule has 2 rings (SSSR count). The fourth-order valence-electron chi connectivity index (χ4n) is 2.28. The summed E-state index contributed by atoms with van der Waals surface area (Å²) < 4.78 is 0. The molecule has 1 aliphatic heterocycles. The third kappa shape index (κ3) is 2.91. The van der Waals surface area contributed by atoms with Gasteiger partial charge in [0.1, 0.15) is 5.82 Å². The van der Waals surface area contributed by atoms with Crippen LogP contribution in [-0.2, 0) is 0 Å². The molecular weight excluding hydrogens is 232 g/mol. The van der Waals surface area contributed by atoms with Crippen LogP contribution < -0.4 is 17.0 Å². The van der Waals surface area contributed by atoms with Crippen molar-refractivity contribution in [1.82, 2.24) is 10.4 Å². The molecule has 2 unspecified atom stereocenters. The van der Waals surface area contributed by atoms with E-state index in [1.807, 2.05) is 18.7 Å². The van der Waals surface area contributed by atoms with Crippen LogP contribution in [-0.4, -0.2) is 16.0 Å². The highest BCUT2D eigenvalue weighted by Crippen LogP contribution is 2.35. The molecule has 0 radical (unpaired) electrons. The van der Waals surface area contributed by atoms with Crippen molar-refractivity contribution in [1.29, 1.82) is 0 Å². The number of hydrazine groups is 1. The Hall–Kier alpha value is -0.780. The highest BCUT2D eigenvalue weighted by molar-refractivity contribution is 8.00. The smallest absolute Gasteiger partial charge is 0.128 e. The van der Waals surface area contributed by atoms with Crippen LogP contribution >= 0.6 is 11.8 Å². The van der Waals surface area contributed by atoms with E-state index < -0.39 is 0 Å². The van der Waals surface area contributed by atoms with Crippen molar-refractivity contribution in [2.24, 2.45) is 5.84 Å². The lowest BCUT2D eigenvalue weighted by Crippen LogP contribution is -2.37. The van der Waals surface area contributed by atoms with Crippen molar-refractivity contribution >= 4 is 17.6 Å². The molecule has 17 heavy (non-hydrogen) atoms. The van der Waals surface area contributed by atoms with Crippen LogP contribution in [0.2, 0.25) is 0 Å². The minimum absolute atomic E-state index is 0.104. The van der Waals surface area contributed by atoms with Crippen molar-refractivity contribution in [3.05, 3.63) is 23.4 Å². The van der Waals surface area contributed by atoms with Crippen LogP contribution in [0.25, 0.3) is 0 Å². The first-order chi connectivity index (χ1) is 8.22. The van der Waals surface area contributed by atoms with Gasteiger partial charge in [0.05, 0.1) is 6.04 Å². The molecular formula is C12H20N4S. The third-order valence-corrected chi connectivity index (χ3v) is 4.65. The number of nitrogen functional groups attached to an aromatic ring is 1. The molecule has 2 atom stereocenters. The van der Waals surface area contributed by atoms with E-state index in [0.717, 1.165) is 11.1 Å². The van der Waals surface area contributed by atoms with Crippen molar-refractivity contribution in [2.45, 2.75) is 37.5 Å². The highest BCUT2D eigenvalue weighted by Gasteiger charge is 2.26. The quantitative estimate of drug-likeness (QED) is 0.564. The summed E-state index contributed by atoms with van der Waals surface area (Å²) in [5.41, 5.74) is 11.0. The number of nitrogens with two attached hydrogens (primary N) is 2. The summed E-state index contributed by atoms with van der Waals surface area (Å²) in [6.45, 7) is 2.03. The molecule has 1 fully saturated rings. The predicted octanol–water partition coefficient (Wildman–Crippen LogP) is 1.76. The normalized spacial score (nSPS) is 22.4. The first-order valence-electron chi connectivity index (χ1n) is 6.02. The van der Waals surface area contributed by atoms with E-state index in [1.54, 1.807) is 6.20 Å². The summed E-state index contributed by atoms with van der Waals surface area (Å²) in [7, 11) is 0. The number of anilines is 1. The fourth-order valence-corrected chi connectivity index (χ4v) is 3.70. The average Bonchev–Trinajstić information content (AvgIpc) is 2.36. The van der Waals surface area contributed by atoms with Crippen LogP contribution in [0, 0.1) is 6.92 Å². The molecule has 0 saturated carbocycles. The monoisotopic (exact) mass is 252 g/mol. The Bertz CT molecular complexity index is 377. The zero-order valence-electron chi connectivity index (χ0n) is 10.1. The van der Waals surface area contributed by atoms with Crippen molar-refractivity contribution in [3.8, 4) is 0 Å².